The van der Waals surface area contributed by atoms with Gasteiger partial charge in [0.1, 0.15) is 5.82 Å². The van der Waals surface area contributed by atoms with Crippen molar-refractivity contribution in [3.05, 3.63) is 71.2 Å². The fourth-order valence-corrected chi connectivity index (χ4v) is 4.12. The predicted octanol–water partition coefficient (Wildman–Crippen LogP) is 4.12. The van der Waals surface area contributed by atoms with E-state index in [0.717, 1.165) is 16.5 Å². The first-order chi connectivity index (χ1) is 15.0. The second kappa shape index (κ2) is 8.73. The number of hydrogen-bond donors (Lipinski definition) is 1. The van der Waals surface area contributed by atoms with Gasteiger partial charge in [-0.15, -0.1) is 10.2 Å². The van der Waals surface area contributed by atoms with Crippen LogP contribution in [0.25, 0.3) is 22.3 Å². The molecule has 0 aliphatic carbocycles. The molecular weight excluding hydrogens is 417 g/mol. The zero-order valence-corrected chi connectivity index (χ0v) is 17.8. The Balaban J connectivity index is 1.67. The molecule has 0 bridgehead atoms. The molecule has 0 fully saturated rings. The molecule has 0 atom stereocenters. The van der Waals surface area contributed by atoms with Crippen molar-refractivity contribution in [2.45, 2.75) is 24.8 Å². The van der Waals surface area contributed by atoms with E-state index in [-0.39, 0.29) is 12.4 Å². The quantitative estimate of drug-likeness (QED) is 0.275. The number of nitrogens with zero attached hydrogens (tertiary/aromatic N) is 4. The lowest BCUT2D eigenvalue weighted by Crippen LogP contribution is -2.13. The molecule has 4 aromatic rings. The van der Waals surface area contributed by atoms with Gasteiger partial charge < -0.3 is 10.6 Å². The third-order valence-corrected chi connectivity index (χ3v) is 5.77. The van der Waals surface area contributed by atoms with Crippen molar-refractivity contribution in [3.63, 3.8) is 0 Å². The smallest absolute Gasteiger partial charge is 0.340 e. The SMILES string of the molecule is CCOC(=O)c1c(CSc2nnc(-c3ccc(F)cc3)n2N)nc2ccccc2c1C. The Morgan fingerprint density at radius 3 is 2.65 bits per heavy atom. The largest absolute Gasteiger partial charge is 0.462 e. The number of ether oxygens (including phenoxy) is 1. The van der Waals surface area contributed by atoms with Crippen LogP contribution in [0.5, 0.6) is 0 Å². The third kappa shape index (κ3) is 4.09. The summed E-state index contributed by atoms with van der Waals surface area (Å²) in [7, 11) is 0. The van der Waals surface area contributed by atoms with E-state index in [4.69, 9.17) is 15.6 Å². The zero-order chi connectivity index (χ0) is 22.0. The molecule has 9 heteroatoms. The first-order valence-electron chi connectivity index (χ1n) is 9.64. The van der Waals surface area contributed by atoms with E-state index < -0.39 is 5.97 Å². The molecule has 4 rings (SSSR count). The maximum absolute atomic E-state index is 13.2. The number of esters is 1. The van der Waals surface area contributed by atoms with Gasteiger partial charge in [-0.2, -0.15) is 0 Å². The summed E-state index contributed by atoms with van der Waals surface area (Å²) in [5, 5.41) is 9.60. The van der Waals surface area contributed by atoms with Gasteiger partial charge in [0.2, 0.25) is 5.16 Å². The highest BCUT2D eigenvalue weighted by Gasteiger charge is 2.21. The topological polar surface area (TPSA) is 95.9 Å². The first kappa shape index (κ1) is 20.8. The molecule has 0 saturated carbocycles. The Labute approximate surface area is 182 Å². The molecule has 2 aromatic heterocycles. The summed E-state index contributed by atoms with van der Waals surface area (Å²) >= 11 is 1.31. The van der Waals surface area contributed by atoms with Crippen LogP contribution in [-0.2, 0) is 10.5 Å². The molecule has 2 heterocycles. The van der Waals surface area contributed by atoms with Crippen molar-refractivity contribution in [1.82, 2.24) is 19.9 Å². The van der Waals surface area contributed by atoms with Gasteiger partial charge in [0, 0.05) is 16.7 Å². The molecular formula is C22H20FN5O2S. The summed E-state index contributed by atoms with van der Waals surface area (Å²) in [6.45, 7) is 3.93. The van der Waals surface area contributed by atoms with E-state index in [2.05, 4.69) is 10.2 Å². The van der Waals surface area contributed by atoms with Crippen molar-refractivity contribution < 1.29 is 13.9 Å². The molecule has 0 spiro atoms. The van der Waals surface area contributed by atoms with Crippen LogP contribution < -0.4 is 5.84 Å². The van der Waals surface area contributed by atoms with Gasteiger partial charge in [0.15, 0.2) is 5.82 Å². The monoisotopic (exact) mass is 437 g/mol. The second-order valence-corrected chi connectivity index (χ2v) is 7.71. The normalized spacial score (nSPS) is 11.1. The number of thioether (sulfide) groups is 1. The molecule has 7 nitrogen and oxygen atoms in total. The number of hydrogen-bond acceptors (Lipinski definition) is 7. The van der Waals surface area contributed by atoms with Gasteiger partial charge in [-0.3, -0.25) is 4.98 Å². The average Bonchev–Trinajstić information content (AvgIpc) is 3.13. The van der Waals surface area contributed by atoms with Crippen molar-refractivity contribution in [3.8, 4) is 11.4 Å². The van der Waals surface area contributed by atoms with E-state index >= 15 is 0 Å². The lowest BCUT2D eigenvalue weighted by molar-refractivity contribution is 0.0524. The van der Waals surface area contributed by atoms with Crippen LogP contribution in [0.4, 0.5) is 4.39 Å². The van der Waals surface area contributed by atoms with Crippen molar-refractivity contribution in [1.29, 1.82) is 0 Å². The van der Waals surface area contributed by atoms with Crippen LogP contribution in [-0.4, -0.2) is 32.4 Å². The van der Waals surface area contributed by atoms with Gasteiger partial charge >= 0.3 is 5.97 Å². The first-order valence-corrected chi connectivity index (χ1v) is 10.6. The van der Waals surface area contributed by atoms with Crippen LogP contribution in [0.1, 0.15) is 28.5 Å². The Kier molecular flexibility index (Phi) is 5.85. The lowest BCUT2D eigenvalue weighted by Gasteiger charge is -2.13. The Morgan fingerprint density at radius 2 is 1.90 bits per heavy atom. The number of halogens is 1. The Hall–Kier alpha value is -3.46. The molecule has 158 valence electrons. The second-order valence-electron chi connectivity index (χ2n) is 6.77. The van der Waals surface area contributed by atoms with E-state index in [9.17, 15) is 9.18 Å². The summed E-state index contributed by atoms with van der Waals surface area (Å²) < 4.78 is 19.8. The number of aryl methyl sites for hydroxylation is 1. The highest BCUT2D eigenvalue weighted by atomic mass is 32.2. The number of carbonyl (C=O) groups excluding carboxylic acids is 1. The van der Waals surface area contributed by atoms with E-state index in [1.54, 1.807) is 19.1 Å². The molecule has 0 saturated heterocycles. The Bertz CT molecular complexity index is 1260. The van der Waals surface area contributed by atoms with Crippen molar-refractivity contribution in [2.24, 2.45) is 0 Å². The number of para-hydroxylation sites is 1. The van der Waals surface area contributed by atoms with Crippen LogP contribution >= 0.6 is 11.8 Å². The molecule has 31 heavy (non-hydrogen) atoms. The van der Waals surface area contributed by atoms with E-state index in [1.807, 2.05) is 31.2 Å². The van der Waals surface area contributed by atoms with Crippen LogP contribution in [0.3, 0.4) is 0 Å². The van der Waals surface area contributed by atoms with Crippen LogP contribution in [0.15, 0.2) is 53.7 Å². The standard InChI is InChI=1S/C22H20FN5O2S/c1-3-30-21(29)19-13(2)16-6-4-5-7-17(16)25-18(19)12-31-22-27-26-20(28(22)24)14-8-10-15(23)11-9-14/h4-11H,3,12,24H2,1-2H3. The average molecular weight is 438 g/mol. The van der Waals surface area contributed by atoms with Gasteiger partial charge in [0.05, 0.1) is 23.4 Å². The lowest BCUT2D eigenvalue weighted by atomic mass is 10.0. The molecule has 0 aliphatic rings. The maximum Gasteiger partial charge on any atom is 0.340 e. The van der Waals surface area contributed by atoms with Gasteiger partial charge in [-0.25, -0.2) is 13.9 Å². The fourth-order valence-electron chi connectivity index (χ4n) is 3.32. The highest BCUT2D eigenvalue weighted by Crippen LogP contribution is 2.29. The molecule has 0 amide bonds. The number of benzene rings is 2. The molecule has 0 radical (unpaired) electrons. The van der Waals surface area contributed by atoms with E-state index in [1.165, 1.54) is 28.6 Å². The number of nitrogen functional groups attached to an aromatic ring is 1. The summed E-state index contributed by atoms with van der Waals surface area (Å²) in [5.41, 5.74) is 3.31. The number of pyridine rings is 1. The molecule has 2 aromatic carbocycles. The minimum absolute atomic E-state index is 0.274. The molecule has 2 N–H and O–H groups in total. The summed E-state index contributed by atoms with van der Waals surface area (Å²) in [4.78, 5) is 17.4. The third-order valence-electron chi connectivity index (χ3n) is 4.81. The number of rotatable bonds is 6. The minimum Gasteiger partial charge on any atom is -0.462 e. The van der Waals surface area contributed by atoms with Crippen LogP contribution in [0.2, 0.25) is 0 Å². The minimum atomic E-state index is -0.407. The maximum atomic E-state index is 13.2. The number of carbonyl (C=O) groups is 1. The van der Waals surface area contributed by atoms with E-state index in [0.29, 0.717) is 33.6 Å². The summed E-state index contributed by atoms with van der Waals surface area (Å²) in [5.74, 6) is 6.18. The van der Waals surface area contributed by atoms with Gasteiger partial charge in [-0.1, -0.05) is 30.0 Å². The fraction of sp³-hybridized carbons (Fsp3) is 0.182. The number of aromatic nitrogens is 4. The molecule has 0 unspecified atom stereocenters. The predicted molar refractivity (Wildman–Crippen MR) is 118 cm³/mol. The highest BCUT2D eigenvalue weighted by molar-refractivity contribution is 7.98. The number of nitrogens with two attached hydrogens (primary N) is 1. The zero-order valence-electron chi connectivity index (χ0n) is 17.0. The van der Waals surface area contributed by atoms with Gasteiger partial charge in [0.25, 0.3) is 0 Å². The van der Waals surface area contributed by atoms with Crippen molar-refractivity contribution >= 4 is 28.6 Å². The summed E-state index contributed by atoms with van der Waals surface area (Å²) in [6.07, 6.45) is 0. The van der Waals surface area contributed by atoms with Gasteiger partial charge in [-0.05, 0) is 49.7 Å². The molecule has 0 aliphatic heterocycles. The van der Waals surface area contributed by atoms with Crippen LogP contribution in [0, 0.1) is 12.7 Å². The number of fused-ring (bicyclic) bond motifs is 1. The van der Waals surface area contributed by atoms with Crippen molar-refractivity contribution in [2.75, 3.05) is 12.4 Å². The Morgan fingerprint density at radius 1 is 1.16 bits per heavy atom. The summed E-state index contributed by atoms with van der Waals surface area (Å²) in [6, 6.07) is 13.5.